The van der Waals surface area contributed by atoms with E-state index >= 15 is 0 Å². The summed E-state index contributed by atoms with van der Waals surface area (Å²) in [5.74, 6) is 0.804. The van der Waals surface area contributed by atoms with Crippen LogP contribution in [0, 0.1) is 6.92 Å². The van der Waals surface area contributed by atoms with Gasteiger partial charge < -0.3 is 24.4 Å². The van der Waals surface area contributed by atoms with Crippen molar-refractivity contribution in [2.24, 2.45) is 0 Å². The van der Waals surface area contributed by atoms with Crippen LogP contribution >= 0.6 is 11.6 Å². The molecule has 2 N–H and O–H groups in total. The summed E-state index contributed by atoms with van der Waals surface area (Å²) in [7, 11) is 0. The van der Waals surface area contributed by atoms with Crippen LogP contribution in [0.5, 0.6) is 5.75 Å². The molecule has 0 spiro atoms. The van der Waals surface area contributed by atoms with Gasteiger partial charge in [0.1, 0.15) is 18.5 Å². The van der Waals surface area contributed by atoms with E-state index < -0.39 is 6.10 Å². The summed E-state index contributed by atoms with van der Waals surface area (Å²) in [5, 5.41) is 20.3. The Balaban J connectivity index is 1.22. The Hall–Kier alpha value is -2.41. The number of fused-ring (bicyclic) bond motifs is 1. The van der Waals surface area contributed by atoms with Gasteiger partial charge in [0.15, 0.2) is 0 Å². The average Bonchev–Trinajstić information content (AvgIpc) is 3.26. The lowest BCUT2D eigenvalue weighted by Crippen LogP contribution is -2.33. The average molecular weight is 495 g/mol. The summed E-state index contributed by atoms with van der Waals surface area (Å²) >= 11 is 6.51. The van der Waals surface area contributed by atoms with E-state index in [1.807, 2.05) is 30.3 Å². The maximum atomic E-state index is 10.2. The molecule has 0 bridgehead atoms. The number of rotatable bonds is 7. The van der Waals surface area contributed by atoms with Crippen LogP contribution in [0.15, 0.2) is 60.7 Å². The molecule has 6 heteroatoms. The fourth-order valence-corrected chi connectivity index (χ4v) is 5.10. The third-order valence-electron chi connectivity index (χ3n) is 6.83. The minimum atomic E-state index is -0.482. The zero-order valence-electron chi connectivity index (χ0n) is 19.8. The molecule has 1 unspecified atom stereocenters. The van der Waals surface area contributed by atoms with Crippen LogP contribution < -0.4 is 4.74 Å². The smallest absolute Gasteiger partial charge is 0.119 e. The first kappa shape index (κ1) is 24.3. The predicted octanol–water partition coefficient (Wildman–Crippen LogP) is 5.46. The number of aryl methyl sites for hydroxylation is 1. The second kappa shape index (κ2) is 10.7. The highest BCUT2D eigenvalue weighted by Gasteiger charge is 2.29. The van der Waals surface area contributed by atoms with Crippen molar-refractivity contribution in [3.63, 3.8) is 0 Å². The summed E-state index contributed by atoms with van der Waals surface area (Å²) in [6, 6.07) is 20.3. The summed E-state index contributed by atoms with van der Waals surface area (Å²) in [6.07, 6.45) is 0.516. The van der Waals surface area contributed by atoms with E-state index in [9.17, 15) is 10.2 Å². The standard InChI is InChI=1S/C29H31ClO5/c1-18-2-5-21-16-34-29(26(21)10-18)17-33-24-7-3-19(4-8-24)11-22-12-20(6-9-27(22)30)28-14-23(32)13-25(15-31)35-28/h2-10,12,23,25,28-29,31-32H,11,13-17H2,1H3/t23-,25-,28+,29?/m0/s1. The highest BCUT2D eigenvalue weighted by Crippen LogP contribution is 2.34. The molecule has 2 aliphatic heterocycles. The van der Waals surface area contributed by atoms with Crippen molar-refractivity contribution in [1.29, 1.82) is 0 Å². The van der Waals surface area contributed by atoms with Crippen LogP contribution in [-0.2, 0) is 22.5 Å². The van der Waals surface area contributed by atoms with E-state index in [1.165, 1.54) is 16.7 Å². The van der Waals surface area contributed by atoms with Crippen molar-refractivity contribution >= 4 is 11.6 Å². The zero-order valence-corrected chi connectivity index (χ0v) is 20.6. The SMILES string of the molecule is Cc1ccc2c(c1)C(COc1ccc(Cc3cc([C@H]4C[C@@H](O)C[C@@H](CO)O4)ccc3Cl)cc1)OC2. The second-order valence-corrected chi connectivity index (χ2v) is 9.95. The van der Waals surface area contributed by atoms with Crippen molar-refractivity contribution in [3.8, 4) is 5.75 Å². The van der Waals surface area contributed by atoms with Crippen molar-refractivity contribution in [2.75, 3.05) is 13.2 Å². The topological polar surface area (TPSA) is 68.2 Å². The molecular weight excluding hydrogens is 464 g/mol. The quantitative estimate of drug-likeness (QED) is 0.456. The minimum absolute atomic E-state index is 0.0444. The lowest BCUT2D eigenvalue weighted by molar-refractivity contribution is -0.113. The van der Waals surface area contributed by atoms with Crippen LogP contribution in [0.2, 0.25) is 5.02 Å². The first-order chi connectivity index (χ1) is 17.0. The summed E-state index contributed by atoms with van der Waals surface area (Å²) in [6.45, 7) is 3.11. The Morgan fingerprint density at radius 2 is 1.86 bits per heavy atom. The van der Waals surface area contributed by atoms with Crippen molar-refractivity contribution in [2.45, 2.75) is 57.2 Å². The van der Waals surface area contributed by atoms with Crippen LogP contribution in [0.25, 0.3) is 0 Å². The third-order valence-corrected chi connectivity index (χ3v) is 7.20. The summed E-state index contributed by atoms with van der Waals surface area (Å²) < 4.78 is 17.9. The molecule has 5 rings (SSSR count). The number of benzene rings is 3. The first-order valence-electron chi connectivity index (χ1n) is 12.1. The van der Waals surface area contributed by atoms with Crippen molar-refractivity contribution in [3.05, 3.63) is 99.1 Å². The van der Waals surface area contributed by atoms with E-state index in [1.54, 1.807) is 0 Å². The van der Waals surface area contributed by atoms with Gasteiger partial charge in [0.25, 0.3) is 0 Å². The second-order valence-electron chi connectivity index (χ2n) is 9.54. The fraction of sp³-hybridized carbons (Fsp3) is 0.379. The number of hydrogen-bond acceptors (Lipinski definition) is 5. The lowest BCUT2D eigenvalue weighted by Gasteiger charge is -2.32. The number of halogens is 1. The van der Waals surface area contributed by atoms with Gasteiger partial charge in [0.2, 0.25) is 0 Å². The van der Waals surface area contributed by atoms with Crippen LogP contribution in [-0.4, -0.2) is 35.6 Å². The highest BCUT2D eigenvalue weighted by molar-refractivity contribution is 6.31. The predicted molar refractivity (Wildman–Crippen MR) is 135 cm³/mol. The molecule has 0 radical (unpaired) electrons. The molecule has 184 valence electrons. The van der Waals surface area contributed by atoms with Gasteiger partial charge in [-0.3, -0.25) is 0 Å². The normalized spacial score (nSPS) is 23.8. The molecule has 5 nitrogen and oxygen atoms in total. The first-order valence-corrected chi connectivity index (χ1v) is 12.5. The number of hydrogen-bond donors (Lipinski definition) is 2. The van der Waals surface area contributed by atoms with Crippen LogP contribution in [0.3, 0.4) is 0 Å². The number of aliphatic hydroxyl groups excluding tert-OH is 2. The maximum absolute atomic E-state index is 10.2. The Morgan fingerprint density at radius 1 is 1.03 bits per heavy atom. The Labute approximate surface area is 211 Å². The van der Waals surface area contributed by atoms with Gasteiger partial charge in [-0.2, -0.15) is 0 Å². The Morgan fingerprint density at radius 3 is 2.66 bits per heavy atom. The lowest BCUT2D eigenvalue weighted by atomic mass is 9.94. The van der Waals surface area contributed by atoms with Gasteiger partial charge in [0.05, 0.1) is 31.5 Å². The molecule has 2 heterocycles. The highest BCUT2D eigenvalue weighted by atomic mass is 35.5. The monoisotopic (exact) mass is 494 g/mol. The number of aliphatic hydroxyl groups is 2. The van der Waals surface area contributed by atoms with Crippen LogP contribution in [0.4, 0.5) is 0 Å². The van der Waals surface area contributed by atoms with Gasteiger partial charge in [-0.25, -0.2) is 0 Å². The van der Waals surface area contributed by atoms with E-state index in [2.05, 4.69) is 37.3 Å². The van der Waals surface area contributed by atoms with E-state index in [0.717, 1.165) is 22.4 Å². The summed E-state index contributed by atoms with van der Waals surface area (Å²) in [5.41, 5.74) is 6.76. The molecule has 3 aromatic rings. The molecule has 0 saturated carbocycles. The Kier molecular flexibility index (Phi) is 7.42. The molecule has 0 aliphatic carbocycles. The minimum Gasteiger partial charge on any atom is -0.491 e. The molecule has 0 aromatic heterocycles. The van der Waals surface area contributed by atoms with Crippen LogP contribution in [0.1, 0.15) is 58.4 Å². The molecule has 1 saturated heterocycles. The Bertz CT molecular complexity index is 1160. The number of ether oxygens (including phenoxy) is 3. The van der Waals surface area contributed by atoms with Gasteiger partial charge in [0, 0.05) is 17.9 Å². The van der Waals surface area contributed by atoms with Gasteiger partial charge in [-0.1, -0.05) is 59.6 Å². The van der Waals surface area contributed by atoms with Gasteiger partial charge in [-0.05, 0) is 59.4 Å². The maximum Gasteiger partial charge on any atom is 0.119 e. The summed E-state index contributed by atoms with van der Waals surface area (Å²) in [4.78, 5) is 0. The largest absolute Gasteiger partial charge is 0.491 e. The molecule has 4 atom stereocenters. The van der Waals surface area contributed by atoms with E-state index in [-0.39, 0.29) is 24.9 Å². The van der Waals surface area contributed by atoms with Gasteiger partial charge >= 0.3 is 0 Å². The molecule has 1 fully saturated rings. The van der Waals surface area contributed by atoms with Crippen molar-refractivity contribution < 1.29 is 24.4 Å². The fourth-order valence-electron chi connectivity index (χ4n) is 4.91. The molecule has 3 aromatic carbocycles. The molecule has 35 heavy (non-hydrogen) atoms. The van der Waals surface area contributed by atoms with Crippen molar-refractivity contribution in [1.82, 2.24) is 0 Å². The van der Waals surface area contributed by atoms with E-state index in [0.29, 0.717) is 37.5 Å². The molecule has 2 aliphatic rings. The van der Waals surface area contributed by atoms with Gasteiger partial charge in [-0.15, -0.1) is 0 Å². The molecule has 0 amide bonds. The molecular formula is C29H31ClO5. The van der Waals surface area contributed by atoms with E-state index in [4.69, 9.17) is 25.8 Å². The zero-order chi connectivity index (χ0) is 24.4. The third kappa shape index (κ3) is 5.71.